The van der Waals surface area contributed by atoms with Crippen molar-refractivity contribution in [2.75, 3.05) is 7.11 Å². The number of ether oxygens (including phenoxy) is 1. The maximum atomic E-state index is 10.0. The molecule has 0 aliphatic carbocycles. The number of rotatable bonds is 3. The highest BCUT2D eigenvalue weighted by Gasteiger charge is 2.14. The number of methoxy groups -OCH3 is 1. The molecule has 2 heterocycles. The van der Waals surface area contributed by atoms with Gasteiger partial charge < -0.3 is 14.3 Å². The fourth-order valence-electron chi connectivity index (χ4n) is 1.46. The lowest BCUT2D eigenvalue weighted by molar-refractivity contribution is 0.187. The van der Waals surface area contributed by atoms with Crippen LogP contribution in [-0.4, -0.2) is 17.2 Å². The SMILES string of the molecule is COc1cncc(C(O)c2ccc(C)o2)c1. The molecule has 1 unspecified atom stereocenters. The van der Waals surface area contributed by atoms with E-state index in [4.69, 9.17) is 9.15 Å². The van der Waals surface area contributed by atoms with Crippen molar-refractivity contribution in [3.8, 4) is 5.75 Å². The van der Waals surface area contributed by atoms with Crippen LogP contribution in [0.3, 0.4) is 0 Å². The fourth-order valence-corrected chi connectivity index (χ4v) is 1.46. The van der Waals surface area contributed by atoms with Crippen molar-refractivity contribution in [1.82, 2.24) is 4.98 Å². The standard InChI is InChI=1S/C12H13NO3/c1-8-3-4-11(16-8)12(14)9-5-10(15-2)7-13-6-9/h3-7,12,14H,1-2H3. The molecule has 0 radical (unpaired) electrons. The minimum absolute atomic E-state index is 0.507. The van der Waals surface area contributed by atoms with Crippen molar-refractivity contribution in [3.05, 3.63) is 47.7 Å². The zero-order valence-electron chi connectivity index (χ0n) is 9.18. The van der Waals surface area contributed by atoms with E-state index in [1.54, 1.807) is 31.6 Å². The summed E-state index contributed by atoms with van der Waals surface area (Å²) in [4.78, 5) is 3.98. The van der Waals surface area contributed by atoms with E-state index in [1.165, 1.54) is 0 Å². The average Bonchev–Trinajstić information content (AvgIpc) is 2.75. The van der Waals surface area contributed by atoms with Crippen LogP contribution >= 0.6 is 0 Å². The number of furan rings is 1. The van der Waals surface area contributed by atoms with Crippen LogP contribution in [0.4, 0.5) is 0 Å². The summed E-state index contributed by atoms with van der Waals surface area (Å²) in [6.45, 7) is 1.83. The van der Waals surface area contributed by atoms with Crippen LogP contribution in [0.1, 0.15) is 23.2 Å². The molecule has 0 aliphatic heterocycles. The molecular formula is C12H13NO3. The van der Waals surface area contributed by atoms with Crippen molar-refractivity contribution in [2.24, 2.45) is 0 Å². The number of aryl methyl sites for hydroxylation is 1. The highest BCUT2D eigenvalue weighted by atomic mass is 16.5. The maximum absolute atomic E-state index is 10.0. The normalized spacial score (nSPS) is 12.4. The molecule has 0 saturated carbocycles. The Morgan fingerprint density at radius 3 is 2.81 bits per heavy atom. The number of aliphatic hydroxyl groups excluding tert-OH is 1. The van der Waals surface area contributed by atoms with Crippen LogP contribution in [-0.2, 0) is 0 Å². The van der Waals surface area contributed by atoms with Crippen LogP contribution in [0.15, 0.2) is 35.0 Å². The van der Waals surface area contributed by atoms with E-state index in [1.807, 2.05) is 13.0 Å². The van der Waals surface area contributed by atoms with E-state index < -0.39 is 6.10 Å². The van der Waals surface area contributed by atoms with Crippen LogP contribution in [0.2, 0.25) is 0 Å². The topological polar surface area (TPSA) is 55.5 Å². The second kappa shape index (κ2) is 4.37. The number of hydrogen-bond donors (Lipinski definition) is 1. The molecule has 1 atom stereocenters. The quantitative estimate of drug-likeness (QED) is 0.858. The Labute approximate surface area is 93.5 Å². The Bertz CT molecular complexity index is 479. The Morgan fingerprint density at radius 1 is 1.38 bits per heavy atom. The minimum atomic E-state index is -0.809. The molecule has 4 nitrogen and oxygen atoms in total. The van der Waals surface area contributed by atoms with Gasteiger partial charge in [0.15, 0.2) is 0 Å². The number of nitrogens with zero attached hydrogens (tertiary/aromatic N) is 1. The first-order valence-corrected chi connectivity index (χ1v) is 4.94. The first-order valence-electron chi connectivity index (χ1n) is 4.94. The molecule has 0 aromatic carbocycles. The molecule has 0 aliphatic rings. The van der Waals surface area contributed by atoms with Gasteiger partial charge in [0.2, 0.25) is 0 Å². The first kappa shape index (κ1) is 10.7. The molecule has 2 aromatic rings. The van der Waals surface area contributed by atoms with E-state index in [2.05, 4.69) is 4.98 Å². The van der Waals surface area contributed by atoms with E-state index in [9.17, 15) is 5.11 Å². The van der Waals surface area contributed by atoms with Crippen molar-refractivity contribution in [3.63, 3.8) is 0 Å². The molecule has 84 valence electrons. The summed E-state index contributed by atoms with van der Waals surface area (Å²) in [5.74, 6) is 1.89. The summed E-state index contributed by atoms with van der Waals surface area (Å²) < 4.78 is 10.4. The summed E-state index contributed by atoms with van der Waals surface area (Å²) in [5, 5.41) is 10.0. The predicted molar refractivity (Wildman–Crippen MR) is 58.3 cm³/mol. The Kier molecular flexibility index (Phi) is 2.92. The first-order chi connectivity index (χ1) is 7.70. The monoisotopic (exact) mass is 219 g/mol. The molecule has 2 rings (SSSR count). The van der Waals surface area contributed by atoms with Crippen molar-refractivity contribution in [1.29, 1.82) is 0 Å². The molecule has 0 amide bonds. The number of aliphatic hydroxyl groups is 1. The lowest BCUT2D eigenvalue weighted by Gasteiger charge is -2.08. The molecule has 0 fully saturated rings. The summed E-state index contributed by atoms with van der Waals surface area (Å²) in [6, 6.07) is 5.29. The van der Waals surface area contributed by atoms with E-state index in [0.29, 0.717) is 17.1 Å². The van der Waals surface area contributed by atoms with Crippen LogP contribution in [0.25, 0.3) is 0 Å². The highest BCUT2D eigenvalue weighted by Crippen LogP contribution is 2.25. The van der Waals surface area contributed by atoms with Crippen LogP contribution in [0, 0.1) is 6.92 Å². The summed E-state index contributed by atoms with van der Waals surface area (Å²) in [7, 11) is 1.56. The van der Waals surface area contributed by atoms with Crippen molar-refractivity contribution < 1.29 is 14.3 Å². The number of hydrogen-bond acceptors (Lipinski definition) is 4. The van der Waals surface area contributed by atoms with Gasteiger partial charge in [-0.2, -0.15) is 0 Å². The van der Waals surface area contributed by atoms with Gasteiger partial charge in [-0.15, -0.1) is 0 Å². The average molecular weight is 219 g/mol. The lowest BCUT2D eigenvalue weighted by Crippen LogP contribution is -1.99. The zero-order chi connectivity index (χ0) is 11.5. The molecule has 0 spiro atoms. The van der Waals surface area contributed by atoms with Gasteiger partial charge in [-0.25, -0.2) is 0 Å². The third-order valence-corrected chi connectivity index (χ3v) is 2.32. The fraction of sp³-hybridized carbons (Fsp3) is 0.250. The van der Waals surface area contributed by atoms with Gasteiger partial charge >= 0.3 is 0 Å². The van der Waals surface area contributed by atoms with Gasteiger partial charge in [0, 0.05) is 11.8 Å². The maximum Gasteiger partial charge on any atom is 0.138 e. The Balaban J connectivity index is 2.29. The lowest BCUT2D eigenvalue weighted by atomic mass is 10.1. The van der Waals surface area contributed by atoms with Crippen LogP contribution in [0.5, 0.6) is 5.75 Å². The number of aromatic nitrogens is 1. The van der Waals surface area contributed by atoms with E-state index in [0.717, 1.165) is 5.76 Å². The van der Waals surface area contributed by atoms with Crippen LogP contribution < -0.4 is 4.74 Å². The molecule has 0 bridgehead atoms. The Hall–Kier alpha value is -1.81. The van der Waals surface area contributed by atoms with Gasteiger partial charge in [-0.1, -0.05) is 0 Å². The molecular weight excluding hydrogens is 206 g/mol. The summed E-state index contributed by atoms with van der Waals surface area (Å²) in [5.41, 5.74) is 0.647. The van der Waals surface area contributed by atoms with Gasteiger partial charge in [0.25, 0.3) is 0 Å². The zero-order valence-corrected chi connectivity index (χ0v) is 9.18. The van der Waals surface area contributed by atoms with Gasteiger partial charge in [-0.3, -0.25) is 4.98 Å². The second-order valence-corrected chi connectivity index (χ2v) is 3.51. The van der Waals surface area contributed by atoms with Gasteiger partial charge in [0.1, 0.15) is 23.4 Å². The summed E-state index contributed by atoms with van der Waals surface area (Å²) >= 11 is 0. The molecule has 0 saturated heterocycles. The second-order valence-electron chi connectivity index (χ2n) is 3.51. The third kappa shape index (κ3) is 2.06. The minimum Gasteiger partial charge on any atom is -0.495 e. The van der Waals surface area contributed by atoms with E-state index >= 15 is 0 Å². The molecule has 2 aromatic heterocycles. The summed E-state index contributed by atoms with van der Waals surface area (Å²) in [6.07, 6.45) is 2.37. The third-order valence-electron chi connectivity index (χ3n) is 2.32. The van der Waals surface area contributed by atoms with Crippen molar-refractivity contribution in [2.45, 2.75) is 13.0 Å². The van der Waals surface area contributed by atoms with Crippen molar-refractivity contribution >= 4 is 0 Å². The van der Waals surface area contributed by atoms with Gasteiger partial charge in [-0.05, 0) is 25.1 Å². The predicted octanol–water partition coefficient (Wildman–Crippen LogP) is 2.07. The molecule has 16 heavy (non-hydrogen) atoms. The Morgan fingerprint density at radius 2 is 2.19 bits per heavy atom. The smallest absolute Gasteiger partial charge is 0.138 e. The van der Waals surface area contributed by atoms with Gasteiger partial charge in [0.05, 0.1) is 13.3 Å². The largest absolute Gasteiger partial charge is 0.495 e. The molecule has 1 N–H and O–H groups in total. The molecule has 4 heteroatoms. The highest BCUT2D eigenvalue weighted by molar-refractivity contribution is 5.29. The van der Waals surface area contributed by atoms with E-state index in [-0.39, 0.29) is 0 Å². The number of pyridine rings is 1.